The molecule has 0 spiro atoms. The summed E-state index contributed by atoms with van der Waals surface area (Å²) in [5.74, 6) is -2.11. The predicted molar refractivity (Wildman–Crippen MR) is 185 cm³/mol. The van der Waals surface area contributed by atoms with Gasteiger partial charge in [-0.2, -0.15) is 13.2 Å². The van der Waals surface area contributed by atoms with Crippen molar-refractivity contribution in [3.05, 3.63) is 76.0 Å². The highest BCUT2D eigenvalue weighted by Gasteiger charge is 2.36. The number of anilines is 1. The van der Waals surface area contributed by atoms with E-state index in [0.29, 0.717) is 37.6 Å². The van der Waals surface area contributed by atoms with Crippen molar-refractivity contribution in [2.75, 3.05) is 37.6 Å². The number of nitrogens with zero attached hydrogens (tertiary/aromatic N) is 6. The highest BCUT2D eigenvalue weighted by molar-refractivity contribution is 6.31. The van der Waals surface area contributed by atoms with Crippen molar-refractivity contribution >= 4 is 58.3 Å². The first kappa shape index (κ1) is 38.4. The Hall–Kier alpha value is -4.83. The number of nitrogens with one attached hydrogen (secondary N) is 1. The van der Waals surface area contributed by atoms with Crippen LogP contribution in [0.2, 0.25) is 10.2 Å². The number of rotatable bonds is 4. The first-order valence-corrected chi connectivity index (χ1v) is 17.3. The van der Waals surface area contributed by atoms with Gasteiger partial charge in [-0.05, 0) is 60.7 Å². The summed E-state index contributed by atoms with van der Waals surface area (Å²) in [5, 5.41) is 28.9. The number of carbonyl (C=O) groups is 4. The molecule has 3 N–H and O–H groups in total. The molecule has 2 aromatic carbocycles. The first-order chi connectivity index (χ1) is 24.7. The molecule has 4 heterocycles. The third-order valence-corrected chi connectivity index (χ3v) is 9.35. The van der Waals surface area contributed by atoms with Gasteiger partial charge in [0.25, 0.3) is 0 Å². The molecule has 13 nitrogen and oxygen atoms in total. The fourth-order valence-corrected chi connectivity index (χ4v) is 6.85. The van der Waals surface area contributed by atoms with E-state index in [2.05, 4.69) is 21.7 Å². The summed E-state index contributed by atoms with van der Waals surface area (Å²) in [6.45, 7) is 1.83. The number of amides is 3. The van der Waals surface area contributed by atoms with Gasteiger partial charge in [0.05, 0.1) is 24.5 Å². The fourth-order valence-electron chi connectivity index (χ4n) is 6.55. The standard InChI is InChI=1S/C31H33Cl2N7O4.C3H3F3O2/c32-22-8-9-26(40-19-28(33)35-36-40)24(17-22)20-10-12-39(29(41)16-20)25-7-2-1-3-11-34-30(42)27-18-37(31(43)44)13-14-38(27)23-6-4-5-21(25)15-23;4-3(5,6)1-2(7)8/h4-6,8-9,15-17,19,25,27H,1-3,7,10-14,18H2,(H,34,42)(H,43,44);1H2,(H,7,8)/t25-,27+;/m0./s1. The number of aliphatic carboxylic acids is 1. The highest BCUT2D eigenvalue weighted by atomic mass is 35.5. The average molecular weight is 767 g/mol. The number of aromatic nitrogens is 3. The van der Waals surface area contributed by atoms with E-state index in [-0.39, 0.29) is 29.6 Å². The van der Waals surface area contributed by atoms with Gasteiger partial charge in [0.2, 0.25) is 11.8 Å². The number of hydrogen-bond acceptors (Lipinski definition) is 7. The third-order valence-electron chi connectivity index (χ3n) is 8.94. The Bertz CT molecular complexity index is 1840. The molecule has 18 heteroatoms. The third kappa shape index (κ3) is 9.73. The topological polar surface area (TPSA) is 161 Å². The molecule has 0 radical (unpaired) electrons. The molecule has 3 aromatic rings. The van der Waals surface area contributed by atoms with Crippen LogP contribution in [0.15, 0.2) is 54.7 Å². The smallest absolute Gasteiger partial charge is 0.407 e. The number of alkyl halides is 3. The van der Waals surface area contributed by atoms with Gasteiger partial charge in [0, 0.05) is 48.5 Å². The van der Waals surface area contributed by atoms with E-state index >= 15 is 0 Å². The van der Waals surface area contributed by atoms with Gasteiger partial charge in [0.15, 0.2) is 5.15 Å². The Morgan fingerprint density at radius 3 is 2.40 bits per heavy atom. The van der Waals surface area contributed by atoms with E-state index in [0.717, 1.165) is 53.8 Å². The number of carboxylic acid groups (broad SMARTS) is 2. The molecule has 1 aromatic heterocycles. The molecule has 2 atom stereocenters. The highest BCUT2D eigenvalue weighted by Crippen LogP contribution is 2.36. The lowest BCUT2D eigenvalue weighted by molar-refractivity contribution is -0.166. The normalized spacial score (nSPS) is 19.9. The monoisotopic (exact) mass is 765 g/mol. The van der Waals surface area contributed by atoms with E-state index in [1.54, 1.807) is 23.0 Å². The molecule has 6 rings (SSSR count). The molecule has 0 aliphatic carbocycles. The van der Waals surface area contributed by atoms with E-state index in [9.17, 15) is 37.5 Å². The maximum atomic E-state index is 13.8. The fraction of sp³-hybridized carbons (Fsp3) is 0.412. The van der Waals surface area contributed by atoms with Gasteiger partial charge in [0.1, 0.15) is 12.5 Å². The van der Waals surface area contributed by atoms with Crippen molar-refractivity contribution < 1.29 is 42.6 Å². The van der Waals surface area contributed by atoms with Crippen LogP contribution in [0.5, 0.6) is 0 Å². The summed E-state index contributed by atoms with van der Waals surface area (Å²) < 4.78 is 34.4. The van der Waals surface area contributed by atoms with Crippen LogP contribution in [-0.4, -0.2) is 104 Å². The summed E-state index contributed by atoms with van der Waals surface area (Å²) in [4.78, 5) is 53.3. The molecule has 278 valence electrons. The second kappa shape index (κ2) is 16.7. The average Bonchev–Trinajstić information content (AvgIpc) is 3.52. The molecule has 1 saturated heterocycles. The van der Waals surface area contributed by atoms with Gasteiger partial charge >= 0.3 is 18.2 Å². The molecule has 2 bridgehead atoms. The number of carboxylic acids is 1. The minimum absolute atomic E-state index is 0.0849. The number of carbonyl (C=O) groups excluding carboxylic acids is 2. The van der Waals surface area contributed by atoms with Gasteiger partial charge in [-0.1, -0.05) is 53.4 Å². The minimum atomic E-state index is -4.58. The molecule has 1 fully saturated rings. The Morgan fingerprint density at radius 1 is 0.962 bits per heavy atom. The maximum Gasteiger partial charge on any atom is 0.407 e. The lowest BCUT2D eigenvalue weighted by Crippen LogP contribution is -2.60. The summed E-state index contributed by atoms with van der Waals surface area (Å²) in [6.07, 6.45) is -0.0881. The van der Waals surface area contributed by atoms with Crippen molar-refractivity contribution in [1.29, 1.82) is 0 Å². The zero-order valence-corrected chi connectivity index (χ0v) is 29.2. The van der Waals surface area contributed by atoms with E-state index < -0.39 is 30.7 Å². The second-order valence-electron chi connectivity index (χ2n) is 12.5. The SMILES string of the molecule is O=C(O)CC(F)(F)F.O=C1NCCCCC[C@H](N2CCC(c3cc(Cl)ccc3-n3cc(Cl)nn3)=CC2=O)c2cccc(c2)N2CCN(C(=O)O)C[C@H]12. The molecule has 0 unspecified atom stereocenters. The number of benzene rings is 2. The number of halogens is 5. The summed E-state index contributed by atoms with van der Waals surface area (Å²) in [5.41, 5.74) is 4.22. The van der Waals surface area contributed by atoms with E-state index in [1.165, 1.54) is 4.90 Å². The van der Waals surface area contributed by atoms with Crippen molar-refractivity contribution in [3.63, 3.8) is 0 Å². The Balaban J connectivity index is 0.000000587. The second-order valence-corrected chi connectivity index (χ2v) is 13.3. The lowest BCUT2D eigenvalue weighted by atomic mass is 9.93. The molecule has 0 saturated carbocycles. The molecule has 3 aliphatic heterocycles. The van der Waals surface area contributed by atoms with Crippen LogP contribution in [0.3, 0.4) is 0 Å². The molecule has 52 heavy (non-hydrogen) atoms. The summed E-state index contributed by atoms with van der Waals surface area (Å²) in [7, 11) is 0. The van der Waals surface area contributed by atoms with E-state index in [1.807, 2.05) is 40.1 Å². The molecular formula is C34H36Cl2F3N7O6. The zero-order valence-electron chi connectivity index (χ0n) is 27.7. The lowest BCUT2D eigenvalue weighted by Gasteiger charge is -2.41. The number of hydrogen-bond donors (Lipinski definition) is 3. The van der Waals surface area contributed by atoms with Crippen molar-refractivity contribution in [3.8, 4) is 5.69 Å². The van der Waals surface area contributed by atoms with Gasteiger partial charge < -0.3 is 30.2 Å². The maximum absolute atomic E-state index is 13.8. The first-order valence-electron chi connectivity index (χ1n) is 16.5. The van der Waals surface area contributed by atoms with Crippen LogP contribution in [0.1, 0.15) is 55.7 Å². The van der Waals surface area contributed by atoms with Gasteiger partial charge in [-0.3, -0.25) is 14.4 Å². The largest absolute Gasteiger partial charge is 0.481 e. The van der Waals surface area contributed by atoms with Crippen LogP contribution in [0, 0.1) is 0 Å². The van der Waals surface area contributed by atoms with Crippen LogP contribution in [-0.2, 0) is 14.4 Å². The summed E-state index contributed by atoms with van der Waals surface area (Å²) >= 11 is 12.4. The zero-order chi connectivity index (χ0) is 37.6. The Morgan fingerprint density at radius 2 is 1.75 bits per heavy atom. The quantitative estimate of drug-likeness (QED) is 0.298. The van der Waals surface area contributed by atoms with Crippen molar-refractivity contribution in [2.24, 2.45) is 0 Å². The predicted octanol–water partition coefficient (Wildman–Crippen LogP) is 5.81. The number of piperazine rings is 1. The van der Waals surface area contributed by atoms with Crippen molar-refractivity contribution in [1.82, 2.24) is 30.1 Å². The van der Waals surface area contributed by atoms with Gasteiger partial charge in [-0.15, -0.1) is 5.10 Å². The van der Waals surface area contributed by atoms with Crippen LogP contribution < -0.4 is 10.2 Å². The van der Waals surface area contributed by atoms with Crippen LogP contribution in [0.25, 0.3) is 11.3 Å². The Labute approximate surface area is 306 Å². The Kier molecular flexibility index (Phi) is 12.3. The number of fused-ring (bicyclic) bond motifs is 4. The molecule has 3 amide bonds. The van der Waals surface area contributed by atoms with E-state index in [4.69, 9.17) is 28.3 Å². The van der Waals surface area contributed by atoms with Gasteiger partial charge in [-0.25, -0.2) is 9.48 Å². The van der Waals surface area contributed by atoms with Crippen LogP contribution in [0.4, 0.5) is 23.7 Å². The summed E-state index contributed by atoms with van der Waals surface area (Å²) in [6, 6.07) is 12.6. The minimum Gasteiger partial charge on any atom is -0.481 e. The molecule has 3 aliphatic rings. The van der Waals surface area contributed by atoms with Crippen molar-refractivity contribution in [2.45, 2.75) is 56.8 Å². The molecular weight excluding hydrogens is 730 g/mol. The van der Waals surface area contributed by atoms with Crippen LogP contribution >= 0.6 is 23.2 Å².